The monoisotopic (exact) mass is 407 g/mol. The van der Waals surface area contributed by atoms with Gasteiger partial charge in [-0.05, 0) is 23.3 Å². The molecule has 0 aromatic heterocycles. The van der Waals surface area contributed by atoms with Gasteiger partial charge in [0.25, 0.3) is 0 Å². The molecule has 0 radical (unpaired) electrons. The molecule has 2 fully saturated rings. The summed E-state index contributed by atoms with van der Waals surface area (Å²) in [7, 11) is 1.80. The minimum atomic E-state index is -0.416. The van der Waals surface area contributed by atoms with Crippen molar-refractivity contribution < 1.29 is 9.53 Å². The molecule has 30 heavy (non-hydrogen) atoms. The standard InChI is InChI=1S/C23H29N5O2/c1-25-23(26-13-18-8-5-9-19(12-18)22(24)29)28-15-20-21(16-28)30-11-10-27(20)14-17-6-3-2-4-7-17/h2-9,12,20-21H,10-11,13-16H2,1H3,(H2,24,29)(H,25,26). The normalized spacial score (nSPS) is 22.0. The molecule has 0 bridgehead atoms. The number of morpholine rings is 1. The van der Waals surface area contributed by atoms with Crippen molar-refractivity contribution in [3.63, 3.8) is 0 Å². The summed E-state index contributed by atoms with van der Waals surface area (Å²) >= 11 is 0. The van der Waals surface area contributed by atoms with E-state index < -0.39 is 5.91 Å². The molecule has 2 saturated heterocycles. The van der Waals surface area contributed by atoms with Gasteiger partial charge in [0.05, 0.1) is 18.8 Å². The average molecular weight is 408 g/mol. The van der Waals surface area contributed by atoms with Gasteiger partial charge in [0.2, 0.25) is 5.91 Å². The van der Waals surface area contributed by atoms with Crippen molar-refractivity contribution in [2.24, 2.45) is 10.7 Å². The Morgan fingerprint density at radius 2 is 1.97 bits per heavy atom. The Balaban J connectivity index is 1.39. The molecular weight excluding hydrogens is 378 g/mol. The fourth-order valence-electron chi connectivity index (χ4n) is 4.29. The summed E-state index contributed by atoms with van der Waals surface area (Å²) in [4.78, 5) is 20.7. The van der Waals surface area contributed by atoms with Crippen LogP contribution < -0.4 is 11.1 Å². The predicted molar refractivity (Wildman–Crippen MR) is 117 cm³/mol. The van der Waals surface area contributed by atoms with Gasteiger partial charge in [-0.2, -0.15) is 0 Å². The Bertz CT molecular complexity index is 901. The van der Waals surface area contributed by atoms with Crippen molar-refractivity contribution in [1.82, 2.24) is 15.1 Å². The number of hydrogen-bond donors (Lipinski definition) is 2. The summed E-state index contributed by atoms with van der Waals surface area (Å²) in [6, 6.07) is 18.3. The summed E-state index contributed by atoms with van der Waals surface area (Å²) in [6.45, 7) is 4.90. The van der Waals surface area contributed by atoms with Crippen LogP contribution in [0.4, 0.5) is 0 Å². The number of carbonyl (C=O) groups excluding carboxylic acids is 1. The zero-order chi connectivity index (χ0) is 20.9. The number of likely N-dealkylation sites (tertiary alicyclic amines) is 1. The lowest BCUT2D eigenvalue weighted by atomic mass is 10.1. The smallest absolute Gasteiger partial charge is 0.248 e. The van der Waals surface area contributed by atoms with Crippen molar-refractivity contribution in [1.29, 1.82) is 0 Å². The largest absolute Gasteiger partial charge is 0.373 e. The first kappa shape index (κ1) is 20.4. The molecular formula is C23H29N5O2. The predicted octanol–water partition coefficient (Wildman–Crippen LogP) is 1.45. The lowest BCUT2D eigenvalue weighted by Crippen LogP contribution is -2.50. The number of guanidine groups is 1. The third-order valence-corrected chi connectivity index (χ3v) is 5.82. The zero-order valence-electron chi connectivity index (χ0n) is 17.3. The summed E-state index contributed by atoms with van der Waals surface area (Å²) in [5.74, 6) is 0.428. The second-order valence-corrected chi connectivity index (χ2v) is 7.80. The molecule has 1 amide bonds. The number of rotatable bonds is 5. The lowest BCUT2D eigenvalue weighted by molar-refractivity contribution is -0.0502. The van der Waals surface area contributed by atoms with Gasteiger partial charge in [-0.1, -0.05) is 42.5 Å². The highest BCUT2D eigenvalue weighted by atomic mass is 16.5. The molecule has 2 unspecified atom stereocenters. The van der Waals surface area contributed by atoms with Crippen LogP contribution in [0.5, 0.6) is 0 Å². The van der Waals surface area contributed by atoms with Gasteiger partial charge in [0.1, 0.15) is 0 Å². The van der Waals surface area contributed by atoms with E-state index in [0.717, 1.165) is 44.3 Å². The second kappa shape index (κ2) is 9.28. The van der Waals surface area contributed by atoms with Gasteiger partial charge in [-0.15, -0.1) is 0 Å². The molecule has 158 valence electrons. The van der Waals surface area contributed by atoms with Crippen LogP contribution in [0, 0.1) is 0 Å². The number of nitrogens with one attached hydrogen (secondary N) is 1. The first-order valence-corrected chi connectivity index (χ1v) is 10.4. The molecule has 2 atom stereocenters. The van der Waals surface area contributed by atoms with Crippen molar-refractivity contribution in [3.8, 4) is 0 Å². The van der Waals surface area contributed by atoms with E-state index in [1.165, 1.54) is 5.56 Å². The van der Waals surface area contributed by atoms with Crippen LogP contribution >= 0.6 is 0 Å². The summed E-state index contributed by atoms with van der Waals surface area (Å²) in [5.41, 5.74) is 8.22. The lowest BCUT2D eigenvalue weighted by Gasteiger charge is -2.36. The van der Waals surface area contributed by atoms with Gasteiger partial charge >= 0.3 is 0 Å². The van der Waals surface area contributed by atoms with Crippen molar-refractivity contribution in [3.05, 3.63) is 71.3 Å². The van der Waals surface area contributed by atoms with Crippen LogP contribution in [-0.4, -0.2) is 67.1 Å². The number of nitrogens with two attached hydrogens (primary N) is 1. The molecule has 2 aliphatic rings. The Hall–Kier alpha value is -2.90. The van der Waals surface area contributed by atoms with Crippen LogP contribution in [0.1, 0.15) is 21.5 Å². The molecule has 2 heterocycles. The highest BCUT2D eigenvalue weighted by Gasteiger charge is 2.41. The number of carbonyl (C=O) groups is 1. The summed E-state index contributed by atoms with van der Waals surface area (Å²) in [6.07, 6.45) is 0.180. The maximum absolute atomic E-state index is 11.4. The maximum atomic E-state index is 11.4. The van der Waals surface area contributed by atoms with Crippen molar-refractivity contribution >= 4 is 11.9 Å². The Kier molecular flexibility index (Phi) is 6.30. The third kappa shape index (κ3) is 4.63. The zero-order valence-corrected chi connectivity index (χ0v) is 17.3. The van der Waals surface area contributed by atoms with E-state index in [4.69, 9.17) is 10.5 Å². The van der Waals surface area contributed by atoms with Crippen LogP contribution in [-0.2, 0) is 17.8 Å². The quantitative estimate of drug-likeness (QED) is 0.579. The molecule has 2 aliphatic heterocycles. The van der Waals surface area contributed by atoms with E-state index in [1.54, 1.807) is 13.1 Å². The van der Waals surface area contributed by atoms with Gasteiger partial charge in [0, 0.05) is 45.3 Å². The fourth-order valence-corrected chi connectivity index (χ4v) is 4.29. The number of hydrogen-bond acceptors (Lipinski definition) is 4. The molecule has 0 saturated carbocycles. The molecule has 0 spiro atoms. The van der Waals surface area contributed by atoms with Crippen LogP contribution in [0.2, 0.25) is 0 Å². The molecule has 2 aromatic carbocycles. The second-order valence-electron chi connectivity index (χ2n) is 7.80. The van der Waals surface area contributed by atoms with E-state index >= 15 is 0 Å². The number of primary amides is 1. The number of benzene rings is 2. The van der Waals surface area contributed by atoms with E-state index in [-0.39, 0.29) is 6.10 Å². The van der Waals surface area contributed by atoms with E-state index in [1.807, 2.05) is 18.2 Å². The van der Waals surface area contributed by atoms with Crippen molar-refractivity contribution in [2.45, 2.75) is 25.2 Å². The summed E-state index contributed by atoms with van der Waals surface area (Å²) < 4.78 is 6.08. The maximum Gasteiger partial charge on any atom is 0.248 e. The number of ether oxygens (including phenoxy) is 1. The van der Waals surface area contributed by atoms with Crippen LogP contribution in [0.25, 0.3) is 0 Å². The van der Waals surface area contributed by atoms with Crippen LogP contribution in [0.3, 0.4) is 0 Å². The van der Waals surface area contributed by atoms with Gasteiger partial charge in [-0.25, -0.2) is 0 Å². The molecule has 7 nitrogen and oxygen atoms in total. The topological polar surface area (TPSA) is 83.2 Å². The van der Waals surface area contributed by atoms with E-state index in [9.17, 15) is 4.79 Å². The first-order chi connectivity index (χ1) is 14.6. The number of nitrogens with zero attached hydrogens (tertiary/aromatic N) is 3. The van der Waals surface area contributed by atoms with Gasteiger partial charge in [-0.3, -0.25) is 14.7 Å². The summed E-state index contributed by atoms with van der Waals surface area (Å²) in [5, 5.41) is 3.42. The highest BCUT2D eigenvalue weighted by molar-refractivity contribution is 5.92. The number of fused-ring (bicyclic) bond motifs is 1. The first-order valence-electron chi connectivity index (χ1n) is 10.4. The molecule has 4 rings (SSSR count). The van der Waals surface area contributed by atoms with Gasteiger partial charge < -0.3 is 20.7 Å². The number of amides is 1. The van der Waals surface area contributed by atoms with Crippen molar-refractivity contribution in [2.75, 3.05) is 33.3 Å². The number of aliphatic imine (C=N–C) groups is 1. The Morgan fingerprint density at radius 1 is 1.17 bits per heavy atom. The molecule has 2 aromatic rings. The minimum absolute atomic E-state index is 0.180. The minimum Gasteiger partial charge on any atom is -0.373 e. The van der Waals surface area contributed by atoms with Gasteiger partial charge in [0.15, 0.2) is 5.96 Å². The fraction of sp³-hybridized carbons (Fsp3) is 0.391. The third-order valence-electron chi connectivity index (χ3n) is 5.82. The van der Waals surface area contributed by atoms with Crippen LogP contribution in [0.15, 0.2) is 59.6 Å². The molecule has 7 heteroatoms. The highest BCUT2D eigenvalue weighted by Crippen LogP contribution is 2.24. The Labute approximate surface area is 177 Å². The average Bonchev–Trinajstić information content (AvgIpc) is 3.20. The molecule has 0 aliphatic carbocycles. The molecule has 3 N–H and O–H groups in total. The van der Waals surface area contributed by atoms with E-state index in [2.05, 4.69) is 50.4 Å². The SMILES string of the molecule is CN=C(NCc1cccc(C(N)=O)c1)N1CC2OCCN(Cc3ccccc3)C2C1. The van der Waals surface area contributed by atoms with E-state index in [0.29, 0.717) is 18.2 Å². The Morgan fingerprint density at radius 3 is 2.73 bits per heavy atom.